The molecule has 1 aromatic rings. The fourth-order valence-electron chi connectivity index (χ4n) is 2.00. The van der Waals surface area contributed by atoms with E-state index < -0.39 is 11.0 Å². The number of nitro groups is 1. The van der Waals surface area contributed by atoms with E-state index in [0.717, 1.165) is 0 Å². The van der Waals surface area contributed by atoms with E-state index in [-0.39, 0.29) is 17.4 Å². The van der Waals surface area contributed by atoms with Crippen molar-refractivity contribution >= 4 is 28.6 Å². The van der Waals surface area contributed by atoms with Crippen LogP contribution in [-0.4, -0.2) is 22.1 Å². The highest BCUT2D eigenvalue weighted by Crippen LogP contribution is 2.34. The molecule has 0 saturated heterocycles. The van der Waals surface area contributed by atoms with E-state index >= 15 is 0 Å². The highest BCUT2D eigenvalue weighted by Gasteiger charge is 2.30. The smallest absolute Gasteiger partial charge is 0.403 e. The third-order valence-corrected chi connectivity index (χ3v) is 3.45. The number of hydrogen-bond acceptors (Lipinski definition) is 7. The maximum Gasteiger partial charge on any atom is 0.433 e. The van der Waals surface area contributed by atoms with Crippen LogP contribution in [0.5, 0.6) is 0 Å². The summed E-state index contributed by atoms with van der Waals surface area (Å²) >= 11 is 1.39. The summed E-state index contributed by atoms with van der Waals surface area (Å²) < 4.78 is 5.18. The zero-order valence-electron chi connectivity index (χ0n) is 11.2. The van der Waals surface area contributed by atoms with Crippen molar-refractivity contribution in [2.24, 2.45) is 4.99 Å². The molecule has 0 saturated carbocycles. The van der Waals surface area contributed by atoms with Crippen LogP contribution in [0.4, 0.5) is 5.88 Å². The summed E-state index contributed by atoms with van der Waals surface area (Å²) in [5.74, 6) is -0.225. The van der Waals surface area contributed by atoms with E-state index in [4.69, 9.17) is 4.42 Å². The van der Waals surface area contributed by atoms with Gasteiger partial charge in [0, 0.05) is 11.3 Å². The molecule has 0 bridgehead atoms. The van der Waals surface area contributed by atoms with E-state index in [1.165, 1.54) is 30.8 Å². The minimum Gasteiger partial charge on any atom is -0.403 e. The van der Waals surface area contributed by atoms with Crippen LogP contribution in [0.3, 0.4) is 0 Å². The lowest BCUT2D eigenvalue weighted by molar-refractivity contribution is -0.402. The minimum absolute atomic E-state index is 0.150. The zero-order valence-corrected chi connectivity index (χ0v) is 12.0. The van der Waals surface area contributed by atoms with Crippen LogP contribution in [-0.2, 0) is 4.79 Å². The molecule has 106 valence electrons. The van der Waals surface area contributed by atoms with Crippen molar-refractivity contribution in [2.45, 2.75) is 19.9 Å². The van der Waals surface area contributed by atoms with Crippen LogP contribution < -0.4 is 5.32 Å². The summed E-state index contributed by atoms with van der Waals surface area (Å²) in [5, 5.41) is 14.3. The summed E-state index contributed by atoms with van der Waals surface area (Å²) in [6.07, 6.45) is 1.85. The molecule has 0 radical (unpaired) electrons. The Balaban J connectivity index is 2.47. The van der Waals surface area contributed by atoms with Gasteiger partial charge in [-0.2, -0.15) is 0 Å². The molecule has 0 fully saturated rings. The van der Waals surface area contributed by atoms with Gasteiger partial charge in [-0.25, -0.2) is 4.99 Å². The number of thioether (sulfide) groups is 1. The fraction of sp³-hybridized carbons (Fsp3) is 0.333. The topological polar surface area (TPSA) is 97.7 Å². The quantitative estimate of drug-likeness (QED) is 0.679. The average Bonchev–Trinajstić information content (AvgIpc) is 2.86. The first-order chi connectivity index (χ1) is 9.43. The van der Waals surface area contributed by atoms with Crippen molar-refractivity contribution in [3.05, 3.63) is 39.3 Å². The Labute approximate surface area is 119 Å². The SMILES string of the molecule is CSC1=N[C@@H](c2ccc([N+](=O)[O-])o2)C(C(C)=O)=C(C)N1. The molecule has 0 aromatic carbocycles. The second kappa shape index (κ2) is 5.49. The lowest BCUT2D eigenvalue weighted by atomic mass is 9.99. The number of nitrogens with one attached hydrogen (secondary N) is 1. The zero-order chi connectivity index (χ0) is 14.9. The minimum atomic E-state index is -0.648. The Morgan fingerprint density at radius 1 is 1.55 bits per heavy atom. The number of rotatable bonds is 3. The van der Waals surface area contributed by atoms with Crippen molar-refractivity contribution in [1.29, 1.82) is 0 Å². The van der Waals surface area contributed by atoms with Crippen LogP contribution in [0.1, 0.15) is 25.6 Å². The van der Waals surface area contributed by atoms with Gasteiger partial charge >= 0.3 is 5.88 Å². The highest BCUT2D eigenvalue weighted by atomic mass is 32.2. The molecular formula is C12H13N3O4S. The molecule has 0 spiro atoms. The Morgan fingerprint density at radius 3 is 2.75 bits per heavy atom. The summed E-state index contributed by atoms with van der Waals surface area (Å²) in [6, 6.07) is 2.09. The summed E-state index contributed by atoms with van der Waals surface area (Å²) in [5.41, 5.74) is 1.13. The van der Waals surface area contributed by atoms with Crippen molar-refractivity contribution in [2.75, 3.05) is 6.26 Å². The Kier molecular flexibility index (Phi) is 3.93. The summed E-state index contributed by atoms with van der Waals surface area (Å²) in [7, 11) is 0. The first-order valence-electron chi connectivity index (χ1n) is 5.78. The van der Waals surface area contributed by atoms with Crippen molar-refractivity contribution in [3.8, 4) is 0 Å². The van der Waals surface area contributed by atoms with Crippen molar-refractivity contribution in [3.63, 3.8) is 0 Å². The summed E-state index contributed by atoms with van der Waals surface area (Å²) in [6.45, 7) is 3.20. The lowest BCUT2D eigenvalue weighted by Gasteiger charge is -2.23. The molecule has 8 heteroatoms. The molecule has 2 rings (SSSR count). The maximum atomic E-state index is 11.8. The molecule has 1 aliphatic heterocycles. The van der Waals surface area contributed by atoms with Crippen LogP contribution in [0, 0.1) is 10.1 Å². The molecule has 1 N–H and O–H groups in total. The molecule has 20 heavy (non-hydrogen) atoms. The first kappa shape index (κ1) is 14.3. The van der Waals surface area contributed by atoms with E-state index in [0.29, 0.717) is 16.4 Å². The van der Waals surface area contributed by atoms with Gasteiger partial charge in [-0.05, 0) is 26.2 Å². The first-order valence-corrected chi connectivity index (χ1v) is 7.01. The van der Waals surface area contributed by atoms with Gasteiger partial charge in [0.15, 0.2) is 11.0 Å². The number of allylic oxidation sites excluding steroid dienone is 1. The predicted octanol–water partition coefficient (Wildman–Crippen LogP) is 2.41. The van der Waals surface area contributed by atoms with Gasteiger partial charge < -0.3 is 9.73 Å². The van der Waals surface area contributed by atoms with Gasteiger partial charge in [-0.1, -0.05) is 11.8 Å². The van der Waals surface area contributed by atoms with Crippen molar-refractivity contribution in [1.82, 2.24) is 5.32 Å². The molecule has 1 aromatic heterocycles. The number of amidine groups is 1. The molecule has 1 atom stereocenters. The average molecular weight is 295 g/mol. The molecule has 0 aliphatic carbocycles. The number of nitrogens with zero attached hydrogens (tertiary/aromatic N) is 2. The predicted molar refractivity (Wildman–Crippen MR) is 75.6 cm³/mol. The standard InChI is InChI=1S/C12H13N3O4S/c1-6-10(7(2)16)11(14-12(13-6)20-3)8-4-5-9(19-8)15(17)18/h4-5,11H,1-3H3,(H,13,14)/t11-/m0/s1. The fourth-order valence-corrected chi connectivity index (χ4v) is 2.47. The summed E-state index contributed by atoms with van der Waals surface area (Å²) in [4.78, 5) is 26.2. The molecular weight excluding hydrogens is 282 g/mol. The van der Waals surface area contributed by atoms with Crippen molar-refractivity contribution < 1.29 is 14.1 Å². The number of carbonyl (C=O) groups is 1. The second-order valence-corrected chi connectivity index (χ2v) is 4.99. The number of furan rings is 1. The van der Waals surface area contributed by atoms with Gasteiger partial charge in [0.05, 0.1) is 6.07 Å². The largest absolute Gasteiger partial charge is 0.433 e. The van der Waals surface area contributed by atoms with Crippen LogP contribution in [0.15, 0.2) is 32.8 Å². The third kappa shape index (κ3) is 2.60. The van der Waals surface area contributed by atoms with Crippen LogP contribution in [0.25, 0.3) is 0 Å². The Morgan fingerprint density at radius 2 is 2.25 bits per heavy atom. The number of hydrogen-bond donors (Lipinski definition) is 1. The van der Waals surface area contributed by atoms with Gasteiger partial charge in [-0.3, -0.25) is 14.9 Å². The molecule has 2 heterocycles. The second-order valence-electron chi connectivity index (χ2n) is 4.19. The molecule has 1 aliphatic rings. The maximum absolute atomic E-state index is 11.8. The van der Waals surface area contributed by atoms with E-state index in [1.807, 2.05) is 6.26 Å². The highest BCUT2D eigenvalue weighted by molar-refractivity contribution is 8.13. The number of ketones is 1. The number of Topliss-reactive ketones (excluding diaryl/α,β-unsaturated/α-hetero) is 1. The monoisotopic (exact) mass is 295 g/mol. The van der Waals surface area contributed by atoms with Gasteiger partial charge in [0.2, 0.25) is 0 Å². The van der Waals surface area contributed by atoms with E-state index in [2.05, 4.69) is 10.3 Å². The normalized spacial score (nSPS) is 18.6. The van der Waals surface area contributed by atoms with Crippen LogP contribution in [0.2, 0.25) is 0 Å². The Hall–Kier alpha value is -2.09. The lowest BCUT2D eigenvalue weighted by Crippen LogP contribution is -2.28. The molecule has 0 amide bonds. The van der Waals surface area contributed by atoms with Gasteiger partial charge in [0.25, 0.3) is 0 Å². The number of carbonyl (C=O) groups excluding carboxylic acids is 1. The third-order valence-electron chi connectivity index (χ3n) is 2.85. The van der Waals surface area contributed by atoms with Gasteiger partial charge in [0.1, 0.15) is 16.7 Å². The van der Waals surface area contributed by atoms with E-state index in [9.17, 15) is 14.9 Å². The Bertz CT molecular complexity index is 632. The van der Waals surface area contributed by atoms with Gasteiger partial charge in [-0.15, -0.1) is 0 Å². The number of aliphatic imine (C=N–C) groups is 1. The molecule has 0 unspecified atom stereocenters. The van der Waals surface area contributed by atoms with Crippen LogP contribution >= 0.6 is 11.8 Å². The molecule has 7 nitrogen and oxygen atoms in total. The van der Waals surface area contributed by atoms with E-state index in [1.54, 1.807) is 6.92 Å².